The van der Waals surface area contributed by atoms with E-state index < -0.39 is 23.9 Å². The molecule has 1 aliphatic rings. The number of alkyl halides is 3. The number of benzene rings is 1. The minimum atomic E-state index is -4.67. The van der Waals surface area contributed by atoms with Crippen LogP contribution in [-0.4, -0.2) is 34.4 Å². The van der Waals surface area contributed by atoms with Crippen molar-refractivity contribution in [2.45, 2.75) is 12.2 Å². The molecule has 1 N–H and O–H groups in total. The van der Waals surface area contributed by atoms with E-state index in [1.807, 2.05) is 6.07 Å². The average molecular weight is 336 g/mol. The Labute approximate surface area is 134 Å². The van der Waals surface area contributed by atoms with Crippen molar-refractivity contribution in [2.24, 2.45) is 0 Å². The molecule has 124 valence electrons. The van der Waals surface area contributed by atoms with Crippen molar-refractivity contribution in [3.8, 4) is 0 Å². The van der Waals surface area contributed by atoms with Crippen molar-refractivity contribution < 1.29 is 22.8 Å². The number of amides is 2. The fourth-order valence-electron chi connectivity index (χ4n) is 2.21. The summed E-state index contributed by atoms with van der Waals surface area (Å²) in [5, 5.41) is 2.45. The predicted octanol–water partition coefficient (Wildman–Crippen LogP) is 1.64. The molecule has 0 bridgehead atoms. The molecule has 2 aromatic rings. The second-order valence-corrected chi connectivity index (χ2v) is 5.10. The van der Waals surface area contributed by atoms with E-state index in [-0.39, 0.29) is 18.0 Å². The molecule has 1 saturated heterocycles. The highest BCUT2D eigenvalue weighted by molar-refractivity contribution is 6.07. The van der Waals surface area contributed by atoms with Crippen molar-refractivity contribution in [1.82, 2.24) is 15.3 Å². The first kappa shape index (κ1) is 15.9. The minimum Gasteiger partial charge on any atom is -0.338 e. The Morgan fingerprint density at radius 3 is 2.33 bits per heavy atom. The van der Waals surface area contributed by atoms with E-state index in [1.165, 1.54) is 4.90 Å². The lowest BCUT2D eigenvalue weighted by atomic mass is 10.1. The summed E-state index contributed by atoms with van der Waals surface area (Å²) in [4.78, 5) is 31.7. The highest BCUT2D eigenvalue weighted by atomic mass is 19.4. The summed E-state index contributed by atoms with van der Waals surface area (Å²) in [6.45, 7) is 0.288. The van der Waals surface area contributed by atoms with Gasteiger partial charge < -0.3 is 10.2 Å². The van der Waals surface area contributed by atoms with E-state index >= 15 is 0 Å². The van der Waals surface area contributed by atoms with Gasteiger partial charge in [0.05, 0.1) is 12.1 Å². The van der Waals surface area contributed by atoms with Gasteiger partial charge in [0.25, 0.3) is 11.8 Å². The molecule has 6 nitrogen and oxygen atoms in total. The third-order valence-corrected chi connectivity index (χ3v) is 3.47. The molecular formula is C15H11F3N4O2. The van der Waals surface area contributed by atoms with Gasteiger partial charge in [0.15, 0.2) is 0 Å². The first-order valence-corrected chi connectivity index (χ1v) is 6.93. The number of halogens is 3. The molecule has 1 aromatic carbocycles. The van der Waals surface area contributed by atoms with Crippen LogP contribution in [0.4, 0.5) is 18.9 Å². The standard InChI is InChI=1S/C15H11F3N4O2/c16-15(17,18)14-19-6-9(7-20-14)12(23)21-11-8-22(13(11)24)10-4-2-1-3-5-10/h1-7,11H,8H2,(H,21,23). The van der Waals surface area contributed by atoms with Gasteiger partial charge in [-0.3, -0.25) is 9.59 Å². The van der Waals surface area contributed by atoms with Crippen LogP contribution >= 0.6 is 0 Å². The van der Waals surface area contributed by atoms with Gasteiger partial charge in [0, 0.05) is 18.1 Å². The van der Waals surface area contributed by atoms with E-state index in [2.05, 4.69) is 15.3 Å². The average Bonchev–Trinajstić information content (AvgIpc) is 2.57. The summed E-state index contributed by atoms with van der Waals surface area (Å²) < 4.78 is 37.1. The number of anilines is 1. The second kappa shape index (κ2) is 5.91. The molecule has 3 rings (SSSR count). The molecule has 0 radical (unpaired) electrons. The van der Waals surface area contributed by atoms with E-state index in [0.717, 1.165) is 12.4 Å². The number of rotatable bonds is 3. The lowest BCUT2D eigenvalue weighted by Crippen LogP contribution is -2.64. The smallest absolute Gasteiger partial charge is 0.338 e. The SMILES string of the molecule is O=C(NC1CN(c2ccccc2)C1=O)c1cnc(C(F)(F)F)nc1. The maximum atomic E-state index is 12.4. The van der Waals surface area contributed by atoms with Crippen LogP contribution in [0.2, 0.25) is 0 Å². The summed E-state index contributed by atoms with van der Waals surface area (Å²) in [6.07, 6.45) is -3.11. The molecule has 2 heterocycles. The Hall–Kier alpha value is -2.97. The van der Waals surface area contributed by atoms with Gasteiger partial charge in [-0.1, -0.05) is 18.2 Å². The molecule has 0 aliphatic carbocycles. The molecule has 0 spiro atoms. The number of hydrogen-bond acceptors (Lipinski definition) is 4. The molecule has 9 heteroatoms. The Kier molecular flexibility index (Phi) is 3.92. The third-order valence-electron chi connectivity index (χ3n) is 3.47. The highest BCUT2D eigenvalue weighted by Gasteiger charge is 2.39. The summed E-state index contributed by atoms with van der Waals surface area (Å²) in [5.41, 5.74) is 0.569. The Balaban J connectivity index is 1.61. The van der Waals surface area contributed by atoms with Crippen LogP contribution < -0.4 is 10.2 Å². The molecule has 2 amide bonds. The zero-order valence-electron chi connectivity index (χ0n) is 12.1. The van der Waals surface area contributed by atoms with Crippen molar-refractivity contribution in [1.29, 1.82) is 0 Å². The Bertz CT molecular complexity index is 763. The van der Waals surface area contributed by atoms with Crippen LogP contribution in [0.1, 0.15) is 16.2 Å². The van der Waals surface area contributed by atoms with Crippen molar-refractivity contribution in [2.75, 3.05) is 11.4 Å². The maximum absolute atomic E-state index is 12.4. The number of nitrogens with one attached hydrogen (secondary N) is 1. The fraction of sp³-hybridized carbons (Fsp3) is 0.200. The van der Waals surface area contributed by atoms with Crippen molar-refractivity contribution in [3.05, 3.63) is 54.1 Å². The number of hydrogen-bond donors (Lipinski definition) is 1. The quantitative estimate of drug-likeness (QED) is 0.865. The largest absolute Gasteiger partial charge is 0.451 e. The minimum absolute atomic E-state index is 0.144. The normalized spacial score (nSPS) is 17.4. The van der Waals surface area contributed by atoms with Gasteiger partial charge in [-0.15, -0.1) is 0 Å². The third kappa shape index (κ3) is 3.05. The molecular weight excluding hydrogens is 325 g/mol. The number of carbonyl (C=O) groups is 2. The lowest BCUT2D eigenvalue weighted by Gasteiger charge is -2.38. The highest BCUT2D eigenvalue weighted by Crippen LogP contribution is 2.25. The molecule has 0 saturated carbocycles. The zero-order valence-corrected chi connectivity index (χ0v) is 12.1. The maximum Gasteiger partial charge on any atom is 0.451 e. The number of β-lactam (4-membered cyclic amide) rings is 1. The number of carbonyl (C=O) groups excluding carboxylic acids is 2. The molecule has 24 heavy (non-hydrogen) atoms. The Morgan fingerprint density at radius 1 is 1.17 bits per heavy atom. The molecule has 1 aromatic heterocycles. The topological polar surface area (TPSA) is 75.2 Å². The van der Waals surface area contributed by atoms with E-state index in [4.69, 9.17) is 0 Å². The van der Waals surface area contributed by atoms with E-state index in [0.29, 0.717) is 5.69 Å². The predicted molar refractivity (Wildman–Crippen MR) is 77.1 cm³/mol. The lowest BCUT2D eigenvalue weighted by molar-refractivity contribution is -0.145. The Morgan fingerprint density at radius 2 is 1.79 bits per heavy atom. The molecule has 1 atom stereocenters. The van der Waals surface area contributed by atoms with Crippen molar-refractivity contribution >= 4 is 17.5 Å². The summed E-state index contributed by atoms with van der Waals surface area (Å²) >= 11 is 0. The van der Waals surface area contributed by atoms with Gasteiger partial charge in [-0.2, -0.15) is 13.2 Å². The van der Waals surface area contributed by atoms with Gasteiger partial charge >= 0.3 is 6.18 Å². The van der Waals surface area contributed by atoms with Crippen LogP contribution in [0.3, 0.4) is 0 Å². The molecule has 1 unspecified atom stereocenters. The van der Waals surface area contributed by atoms with Gasteiger partial charge in [-0.25, -0.2) is 9.97 Å². The summed E-state index contributed by atoms with van der Waals surface area (Å²) in [7, 11) is 0. The number of para-hydroxylation sites is 1. The van der Waals surface area contributed by atoms with Crippen LogP contribution in [0.5, 0.6) is 0 Å². The van der Waals surface area contributed by atoms with E-state index in [9.17, 15) is 22.8 Å². The number of aromatic nitrogens is 2. The van der Waals surface area contributed by atoms with Gasteiger partial charge in [0.2, 0.25) is 5.82 Å². The zero-order chi connectivity index (χ0) is 17.3. The first-order valence-electron chi connectivity index (χ1n) is 6.93. The van der Waals surface area contributed by atoms with Crippen molar-refractivity contribution in [3.63, 3.8) is 0 Å². The van der Waals surface area contributed by atoms with Crippen LogP contribution in [0.25, 0.3) is 0 Å². The van der Waals surface area contributed by atoms with Crippen LogP contribution in [-0.2, 0) is 11.0 Å². The van der Waals surface area contributed by atoms with E-state index in [1.54, 1.807) is 24.3 Å². The second-order valence-electron chi connectivity index (χ2n) is 5.10. The molecule has 1 fully saturated rings. The van der Waals surface area contributed by atoms with Crippen LogP contribution in [0, 0.1) is 0 Å². The summed E-state index contributed by atoms with van der Waals surface area (Å²) in [5.74, 6) is -2.31. The van der Waals surface area contributed by atoms with Gasteiger partial charge in [-0.05, 0) is 12.1 Å². The first-order chi connectivity index (χ1) is 11.4. The monoisotopic (exact) mass is 336 g/mol. The van der Waals surface area contributed by atoms with Crippen LogP contribution in [0.15, 0.2) is 42.7 Å². The molecule has 1 aliphatic heterocycles. The fourth-order valence-corrected chi connectivity index (χ4v) is 2.21. The summed E-state index contributed by atoms with van der Waals surface area (Å²) in [6, 6.07) is 8.19. The van der Waals surface area contributed by atoms with Gasteiger partial charge in [0.1, 0.15) is 6.04 Å². The number of nitrogens with zero attached hydrogens (tertiary/aromatic N) is 3.